The Kier molecular flexibility index (Phi) is 7.99. The number of nitrogens with one attached hydrogen (secondary N) is 2. The van der Waals surface area contributed by atoms with E-state index < -0.39 is 10.0 Å². The van der Waals surface area contributed by atoms with E-state index in [1.54, 1.807) is 30.3 Å². The fraction of sp³-hybridized carbons (Fsp3) is 0.167. The fourth-order valence-corrected chi connectivity index (χ4v) is 2.90. The molecule has 0 amide bonds. The van der Waals surface area contributed by atoms with Crippen LogP contribution in [0.25, 0.3) is 0 Å². The first-order valence-corrected chi connectivity index (χ1v) is 9.28. The Bertz CT molecular complexity index is 873. The molecule has 0 aromatic heterocycles. The van der Waals surface area contributed by atoms with Crippen molar-refractivity contribution in [2.24, 2.45) is 16.5 Å². The van der Waals surface area contributed by atoms with Gasteiger partial charge in [-0.05, 0) is 24.6 Å². The number of allylic oxidation sites excluding steroid dienone is 3. The first-order chi connectivity index (χ1) is 12.3. The van der Waals surface area contributed by atoms with Crippen molar-refractivity contribution in [1.82, 2.24) is 0 Å². The van der Waals surface area contributed by atoms with Crippen molar-refractivity contribution in [3.8, 4) is 12.3 Å². The van der Waals surface area contributed by atoms with E-state index >= 15 is 0 Å². The molecule has 8 heteroatoms. The van der Waals surface area contributed by atoms with Gasteiger partial charge in [0.1, 0.15) is 4.91 Å². The molecule has 0 atom stereocenters. The summed E-state index contributed by atoms with van der Waals surface area (Å²) in [5.74, 6) is 2.14. The number of hydrogen-bond acceptors (Lipinski definition) is 4. The third kappa shape index (κ3) is 6.75. The van der Waals surface area contributed by atoms with Crippen LogP contribution in [0, 0.1) is 12.3 Å². The van der Waals surface area contributed by atoms with Gasteiger partial charge in [0.2, 0.25) is 0 Å². The number of sulfonamides is 1. The highest BCUT2D eigenvalue weighted by Gasteiger charge is 2.17. The molecule has 0 saturated carbocycles. The Balaban J connectivity index is 3.03. The highest BCUT2D eigenvalue weighted by atomic mass is 32.2. The maximum absolute atomic E-state index is 12.5. The second kappa shape index (κ2) is 9.96. The van der Waals surface area contributed by atoms with E-state index in [0.29, 0.717) is 23.5 Å². The standard InChI is InChI=1S/C18H23N5O2S/c1-4-6-9-15(5-2)26(24,25)23-17-11-8-7-10-16(17)22-14(3)12-13-21-18(19)20/h2,7-13,22-23H,3-4,6H2,1H3,(H4,19,20,21)/b13-12-,15-9+. The maximum Gasteiger partial charge on any atom is 0.269 e. The summed E-state index contributed by atoms with van der Waals surface area (Å²) in [6.07, 6.45) is 11.2. The van der Waals surface area contributed by atoms with Crippen molar-refractivity contribution in [3.63, 3.8) is 0 Å². The number of para-hydroxylation sites is 2. The van der Waals surface area contributed by atoms with Crippen molar-refractivity contribution in [2.75, 3.05) is 10.0 Å². The third-order valence-electron chi connectivity index (χ3n) is 3.02. The lowest BCUT2D eigenvalue weighted by Gasteiger charge is -2.14. The lowest BCUT2D eigenvalue weighted by atomic mass is 10.2. The molecule has 0 radical (unpaired) electrons. The largest absolute Gasteiger partial charge is 0.370 e. The van der Waals surface area contributed by atoms with E-state index in [4.69, 9.17) is 17.9 Å². The van der Waals surface area contributed by atoms with Crippen LogP contribution >= 0.6 is 0 Å². The summed E-state index contributed by atoms with van der Waals surface area (Å²) in [6.45, 7) is 5.74. The molecule has 26 heavy (non-hydrogen) atoms. The number of unbranched alkanes of at least 4 members (excludes halogenated alkanes) is 1. The van der Waals surface area contributed by atoms with Gasteiger partial charge in [0.05, 0.1) is 11.4 Å². The minimum absolute atomic E-state index is 0.0807. The van der Waals surface area contributed by atoms with Crippen LogP contribution in [0.4, 0.5) is 11.4 Å². The van der Waals surface area contributed by atoms with E-state index in [0.717, 1.165) is 6.42 Å². The van der Waals surface area contributed by atoms with Gasteiger partial charge in [-0.1, -0.05) is 44.1 Å². The first kappa shape index (κ1) is 20.9. The molecule has 0 saturated heterocycles. The van der Waals surface area contributed by atoms with E-state index in [-0.39, 0.29) is 10.9 Å². The third-order valence-corrected chi connectivity index (χ3v) is 4.37. The van der Waals surface area contributed by atoms with Crippen molar-refractivity contribution < 1.29 is 8.42 Å². The number of guanidine groups is 1. The summed E-state index contributed by atoms with van der Waals surface area (Å²) >= 11 is 0. The number of aliphatic imine (C=N–C) groups is 1. The molecule has 1 aromatic rings. The normalized spacial score (nSPS) is 11.6. The molecule has 0 bridgehead atoms. The predicted octanol–water partition coefficient (Wildman–Crippen LogP) is 2.46. The van der Waals surface area contributed by atoms with E-state index in [9.17, 15) is 8.42 Å². The van der Waals surface area contributed by atoms with Gasteiger partial charge in [-0.2, -0.15) is 0 Å². The second-order valence-electron chi connectivity index (χ2n) is 5.17. The van der Waals surface area contributed by atoms with Gasteiger partial charge in [-0.3, -0.25) is 4.72 Å². The van der Waals surface area contributed by atoms with Crippen molar-refractivity contribution in [1.29, 1.82) is 0 Å². The number of terminal acetylenes is 1. The highest BCUT2D eigenvalue weighted by molar-refractivity contribution is 7.96. The minimum atomic E-state index is -3.85. The molecular weight excluding hydrogens is 350 g/mol. The zero-order valence-corrected chi connectivity index (χ0v) is 15.4. The molecule has 7 nitrogen and oxygen atoms in total. The molecule has 1 aromatic carbocycles. The summed E-state index contributed by atoms with van der Waals surface area (Å²) in [5, 5.41) is 2.98. The number of hydrogen-bond donors (Lipinski definition) is 4. The molecule has 0 spiro atoms. The lowest BCUT2D eigenvalue weighted by Crippen LogP contribution is -2.21. The molecule has 0 aliphatic heterocycles. The van der Waals surface area contributed by atoms with Crippen LogP contribution in [0.3, 0.4) is 0 Å². The first-order valence-electron chi connectivity index (χ1n) is 7.80. The van der Waals surface area contributed by atoms with E-state index in [1.807, 2.05) is 6.92 Å². The van der Waals surface area contributed by atoms with Crippen LogP contribution in [0.5, 0.6) is 0 Å². The Hall–Kier alpha value is -3.18. The Morgan fingerprint density at radius 3 is 2.58 bits per heavy atom. The summed E-state index contributed by atoms with van der Waals surface area (Å²) in [6, 6.07) is 6.76. The molecule has 1 rings (SSSR count). The molecule has 0 heterocycles. The van der Waals surface area contributed by atoms with E-state index in [1.165, 1.54) is 12.3 Å². The summed E-state index contributed by atoms with van der Waals surface area (Å²) in [4.78, 5) is 3.60. The average Bonchev–Trinajstić information content (AvgIpc) is 2.56. The Morgan fingerprint density at radius 2 is 2.00 bits per heavy atom. The molecular formula is C18H23N5O2S. The summed E-state index contributed by atoms with van der Waals surface area (Å²) < 4.78 is 27.5. The van der Waals surface area contributed by atoms with Gasteiger partial charge in [0, 0.05) is 11.9 Å². The van der Waals surface area contributed by atoms with Crippen LogP contribution in [-0.4, -0.2) is 14.4 Å². The molecule has 0 aliphatic carbocycles. The number of rotatable bonds is 9. The lowest BCUT2D eigenvalue weighted by molar-refractivity contribution is 0.608. The predicted molar refractivity (Wildman–Crippen MR) is 109 cm³/mol. The van der Waals surface area contributed by atoms with Crippen LogP contribution in [0.2, 0.25) is 0 Å². The number of benzene rings is 1. The Morgan fingerprint density at radius 1 is 1.35 bits per heavy atom. The second-order valence-corrected chi connectivity index (χ2v) is 6.82. The number of anilines is 2. The molecule has 6 N–H and O–H groups in total. The molecule has 0 fully saturated rings. The minimum Gasteiger partial charge on any atom is -0.370 e. The van der Waals surface area contributed by atoms with Gasteiger partial charge >= 0.3 is 0 Å². The van der Waals surface area contributed by atoms with Gasteiger partial charge in [-0.25, -0.2) is 13.4 Å². The Labute approximate surface area is 154 Å². The van der Waals surface area contributed by atoms with E-state index in [2.05, 4.69) is 27.5 Å². The fourth-order valence-electron chi connectivity index (χ4n) is 1.83. The molecule has 0 unspecified atom stereocenters. The van der Waals surface area contributed by atoms with Crippen LogP contribution in [0.1, 0.15) is 19.8 Å². The monoisotopic (exact) mass is 373 g/mol. The SMILES string of the molecule is C#C/C(=C\CCC)S(=O)(=O)Nc1ccccc1NC(=C)/C=C\N=C(N)N. The van der Waals surface area contributed by atoms with Crippen molar-refractivity contribution in [2.45, 2.75) is 19.8 Å². The van der Waals surface area contributed by atoms with Crippen LogP contribution in [0.15, 0.2) is 64.8 Å². The van der Waals surface area contributed by atoms with Crippen molar-refractivity contribution >= 4 is 27.4 Å². The van der Waals surface area contributed by atoms with Crippen LogP contribution < -0.4 is 21.5 Å². The quantitative estimate of drug-likeness (QED) is 0.229. The topological polar surface area (TPSA) is 123 Å². The molecule has 0 aliphatic rings. The number of nitrogens with zero attached hydrogens (tertiary/aromatic N) is 1. The highest BCUT2D eigenvalue weighted by Crippen LogP contribution is 2.25. The maximum atomic E-state index is 12.5. The van der Waals surface area contributed by atoms with Gasteiger partial charge in [0.25, 0.3) is 10.0 Å². The summed E-state index contributed by atoms with van der Waals surface area (Å²) in [7, 11) is -3.85. The van der Waals surface area contributed by atoms with Gasteiger partial charge in [-0.15, -0.1) is 6.42 Å². The zero-order chi connectivity index (χ0) is 19.6. The average molecular weight is 373 g/mol. The summed E-state index contributed by atoms with van der Waals surface area (Å²) in [5.41, 5.74) is 11.8. The van der Waals surface area contributed by atoms with Gasteiger partial charge < -0.3 is 16.8 Å². The molecule has 138 valence electrons. The van der Waals surface area contributed by atoms with Crippen molar-refractivity contribution in [3.05, 3.63) is 59.8 Å². The van der Waals surface area contributed by atoms with Crippen LogP contribution in [-0.2, 0) is 10.0 Å². The van der Waals surface area contributed by atoms with Gasteiger partial charge in [0.15, 0.2) is 5.96 Å². The number of nitrogens with two attached hydrogens (primary N) is 2. The smallest absolute Gasteiger partial charge is 0.269 e. The zero-order valence-electron chi connectivity index (χ0n) is 14.6.